The van der Waals surface area contributed by atoms with Gasteiger partial charge >= 0.3 is 0 Å². The SMILES string of the molecule is COc1ccc(-c2nc3cc(F)ccc3n2C2CCN(Cc3cnn(C)c3C)CC2)cc1OC. The molecule has 0 unspecified atom stereocenters. The van der Waals surface area contributed by atoms with Gasteiger partial charge in [0.2, 0.25) is 0 Å². The van der Waals surface area contributed by atoms with Crippen molar-refractivity contribution < 1.29 is 13.9 Å². The van der Waals surface area contributed by atoms with Gasteiger partial charge in [0.25, 0.3) is 0 Å². The number of aryl methyl sites for hydroxylation is 1. The molecule has 1 aliphatic heterocycles. The fourth-order valence-corrected chi connectivity index (χ4v) is 4.90. The Morgan fingerprint density at radius 3 is 2.47 bits per heavy atom. The molecule has 0 amide bonds. The monoisotopic (exact) mass is 463 g/mol. The van der Waals surface area contributed by atoms with Crippen molar-refractivity contribution in [2.45, 2.75) is 32.4 Å². The zero-order valence-corrected chi connectivity index (χ0v) is 20.1. The number of halogens is 1. The molecule has 2 aromatic carbocycles. The number of fused-ring (bicyclic) bond motifs is 1. The number of piperidine rings is 1. The summed E-state index contributed by atoms with van der Waals surface area (Å²) in [5.74, 6) is 1.85. The summed E-state index contributed by atoms with van der Waals surface area (Å²) in [4.78, 5) is 7.33. The van der Waals surface area contributed by atoms with Gasteiger partial charge < -0.3 is 14.0 Å². The third-order valence-electron chi connectivity index (χ3n) is 6.95. The van der Waals surface area contributed by atoms with Gasteiger partial charge in [-0.2, -0.15) is 5.10 Å². The van der Waals surface area contributed by atoms with Crippen molar-refractivity contribution in [2.75, 3.05) is 27.3 Å². The van der Waals surface area contributed by atoms with Crippen LogP contribution in [0.1, 0.15) is 30.1 Å². The molecule has 2 aromatic heterocycles. The van der Waals surface area contributed by atoms with Crippen LogP contribution in [0.5, 0.6) is 11.5 Å². The Hall–Kier alpha value is -3.39. The third-order valence-corrected chi connectivity index (χ3v) is 6.95. The first-order chi connectivity index (χ1) is 16.5. The Kier molecular flexibility index (Phi) is 6.00. The number of likely N-dealkylation sites (tertiary alicyclic amines) is 1. The van der Waals surface area contributed by atoms with Gasteiger partial charge in [-0.25, -0.2) is 9.37 Å². The smallest absolute Gasteiger partial charge is 0.161 e. The molecule has 0 bridgehead atoms. The maximum absolute atomic E-state index is 14.0. The second-order valence-corrected chi connectivity index (χ2v) is 8.89. The van der Waals surface area contributed by atoms with Crippen LogP contribution in [0, 0.1) is 12.7 Å². The molecule has 5 rings (SSSR count). The first kappa shape index (κ1) is 22.4. The fraction of sp³-hybridized carbons (Fsp3) is 0.385. The molecule has 0 atom stereocenters. The van der Waals surface area contributed by atoms with Crippen LogP contribution in [-0.4, -0.2) is 51.5 Å². The molecule has 178 valence electrons. The zero-order chi connectivity index (χ0) is 23.8. The molecule has 0 radical (unpaired) electrons. The van der Waals surface area contributed by atoms with Crippen LogP contribution in [0.15, 0.2) is 42.6 Å². The van der Waals surface area contributed by atoms with Crippen LogP contribution in [0.25, 0.3) is 22.4 Å². The minimum atomic E-state index is -0.280. The van der Waals surface area contributed by atoms with Crippen molar-refractivity contribution in [1.29, 1.82) is 0 Å². The number of rotatable bonds is 6. The van der Waals surface area contributed by atoms with E-state index in [2.05, 4.69) is 21.5 Å². The molecule has 7 nitrogen and oxygen atoms in total. The molecule has 0 aliphatic carbocycles. The Labute approximate surface area is 198 Å². The summed E-state index contributed by atoms with van der Waals surface area (Å²) in [5.41, 5.74) is 5.02. The average Bonchev–Trinajstić information content (AvgIpc) is 3.38. The molecular weight excluding hydrogens is 433 g/mol. The molecule has 4 aromatic rings. The van der Waals surface area contributed by atoms with E-state index in [9.17, 15) is 4.39 Å². The first-order valence-electron chi connectivity index (χ1n) is 11.6. The summed E-state index contributed by atoms with van der Waals surface area (Å²) in [6.45, 7) is 4.97. The van der Waals surface area contributed by atoms with E-state index in [0.717, 1.165) is 49.4 Å². The lowest BCUT2D eigenvalue weighted by atomic mass is 10.0. The molecule has 3 heterocycles. The van der Waals surface area contributed by atoms with Crippen LogP contribution in [0.4, 0.5) is 4.39 Å². The van der Waals surface area contributed by atoms with Crippen molar-refractivity contribution in [1.82, 2.24) is 24.2 Å². The van der Waals surface area contributed by atoms with Gasteiger partial charge in [0.1, 0.15) is 11.6 Å². The predicted octanol–water partition coefficient (Wildman–Crippen LogP) is 4.74. The summed E-state index contributed by atoms with van der Waals surface area (Å²) in [6.07, 6.45) is 3.94. The molecule has 0 spiro atoms. The van der Waals surface area contributed by atoms with Crippen LogP contribution >= 0.6 is 0 Å². The average molecular weight is 464 g/mol. The Morgan fingerprint density at radius 2 is 1.79 bits per heavy atom. The normalized spacial score (nSPS) is 15.2. The topological polar surface area (TPSA) is 57.3 Å². The number of hydrogen-bond donors (Lipinski definition) is 0. The van der Waals surface area contributed by atoms with Crippen LogP contribution in [0.2, 0.25) is 0 Å². The number of imidazole rings is 1. The lowest BCUT2D eigenvalue weighted by Crippen LogP contribution is -2.34. The lowest BCUT2D eigenvalue weighted by Gasteiger charge is -2.33. The van der Waals surface area contributed by atoms with Crippen LogP contribution in [-0.2, 0) is 13.6 Å². The van der Waals surface area contributed by atoms with Gasteiger partial charge in [-0.3, -0.25) is 9.58 Å². The summed E-state index contributed by atoms with van der Waals surface area (Å²) in [6, 6.07) is 10.9. The minimum absolute atomic E-state index is 0.268. The highest BCUT2D eigenvalue weighted by Gasteiger charge is 2.26. The second kappa shape index (κ2) is 9.10. The largest absolute Gasteiger partial charge is 0.493 e. The highest BCUT2D eigenvalue weighted by molar-refractivity contribution is 5.81. The van der Waals surface area contributed by atoms with E-state index in [1.807, 2.05) is 42.2 Å². The minimum Gasteiger partial charge on any atom is -0.493 e. The Balaban J connectivity index is 1.47. The van der Waals surface area contributed by atoms with Gasteiger partial charge in [-0.15, -0.1) is 0 Å². The lowest BCUT2D eigenvalue weighted by molar-refractivity contribution is 0.181. The maximum Gasteiger partial charge on any atom is 0.161 e. The maximum atomic E-state index is 14.0. The molecule has 0 N–H and O–H groups in total. The molecule has 34 heavy (non-hydrogen) atoms. The van der Waals surface area contributed by atoms with Gasteiger partial charge in [-0.1, -0.05) is 0 Å². The van der Waals surface area contributed by atoms with Crippen LogP contribution < -0.4 is 9.47 Å². The van der Waals surface area contributed by atoms with E-state index in [1.54, 1.807) is 14.2 Å². The van der Waals surface area contributed by atoms with E-state index in [1.165, 1.54) is 23.4 Å². The highest BCUT2D eigenvalue weighted by Crippen LogP contribution is 2.37. The van der Waals surface area contributed by atoms with Gasteiger partial charge in [0.05, 0.1) is 31.4 Å². The number of benzene rings is 2. The molecule has 1 fully saturated rings. The van der Waals surface area contributed by atoms with Gasteiger partial charge in [0, 0.05) is 55.6 Å². The zero-order valence-electron chi connectivity index (χ0n) is 20.1. The number of aromatic nitrogens is 4. The van der Waals surface area contributed by atoms with Crippen molar-refractivity contribution in [2.24, 2.45) is 7.05 Å². The Bertz CT molecular complexity index is 1320. The first-order valence-corrected chi connectivity index (χ1v) is 11.6. The summed E-state index contributed by atoms with van der Waals surface area (Å²) >= 11 is 0. The molecular formula is C26H30FN5O2. The second-order valence-electron chi connectivity index (χ2n) is 8.89. The highest BCUT2D eigenvalue weighted by atomic mass is 19.1. The third kappa shape index (κ3) is 4.03. The summed E-state index contributed by atoms with van der Waals surface area (Å²) in [5, 5.41) is 4.38. The van der Waals surface area contributed by atoms with Gasteiger partial charge in [-0.05, 0) is 50.1 Å². The summed E-state index contributed by atoms with van der Waals surface area (Å²) in [7, 11) is 5.23. The van der Waals surface area contributed by atoms with E-state index in [4.69, 9.17) is 14.5 Å². The fourth-order valence-electron chi connectivity index (χ4n) is 4.90. The van der Waals surface area contributed by atoms with E-state index in [-0.39, 0.29) is 11.9 Å². The Morgan fingerprint density at radius 1 is 1.03 bits per heavy atom. The summed E-state index contributed by atoms with van der Waals surface area (Å²) < 4.78 is 29.2. The van der Waals surface area contributed by atoms with Crippen LogP contribution in [0.3, 0.4) is 0 Å². The quantitative estimate of drug-likeness (QED) is 0.414. The van der Waals surface area contributed by atoms with Crippen molar-refractivity contribution in [3.8, 4) is 22.9 Å². The van der Waals surface area contributed by atoms with Crippen molar-refractivity contribution >= 4 is 11.0 Å². The number of hydrogen-bond acceptors (Lipinski definition) is 5. The molecule has 8 heteroatoms. The van der Waals surface area contributed by atoms with E-state index >= 15 is 0 Å². The molecule has 0 saturated carbocycles. The number of ether oxygens (including phenoxy) is 2. The van der Waals surface area contributed by atoms with Crippen molar-refractivity contribution in [3.63, 3.8) is 0 Å². The predicted molar refractivity (Wildman–Crippen MR) is 130 cm³/mol. The molecule has 1 aliphatic rings. The van der Waals surface area contributed by atoms with E-state index in [0.29, 0.717) is 17.0 Å². The van der Waals surface area contributed by atoms with Crippen molar-refractivity contribution in [3.05, 3.63) is 59.7 Å². The number of nitrogens with zero attached hydrogens (tertiary/aromatic N) is 5. The molecule has 1 saturated heterocycles. The number of methoxy groups -OCH3 is 2. The van der Waals surface area contributed by atoms with Gasteiger partial charge in [0.15, 0.2) is 11.5 Å². The van der Waals surface area contributed by atoms with E-state index < -0.39 is 0 Å². The standard InChI is InChI=1S/C26H30FN5O2/c1-17-19(15-28-30(17)2)16-31-11-9-21(10-12-31)32-23-7-6-20(27)14-22(23)29-26(32)18-5-8-24(33-3)25(13-18)34-4/h5-8,13-15,21H,9-12,16H2,1-4H3.